The molecule has 1 N–H and O–H groups in total. The van der Waals surface area contributed by atoms with Gasteiger partial charge in [-0.05, 0) is 52.0 Å². The molecule has 0 saturated carbocycles. The molecule has 2 heterocycles. The number of carbonyl (C=O) groups is 3. The normalized spacial score (nSPS) is 17.8. The molecule has 1 aromatic carbocycles. The van der Waals surface area contributed by atoms with E-state index in [0.29, 0.717) is 23.0 Å². The Kier molecular flexibility index (Phi) is 6.17. The Labute approximate surface area is 175 Å². The van der Waals surface area contributed by atoms with Crippen LogP contribution >= 0.6 is 11.8 Å². The van der Waals surface area contributed by atoms with Crippen molar-refractivity contribution in [1.82, 2.24) is 5.32 Å². The summed E-state index contributed by atoms with van der Waals surface area (Å²) in [5.74, 6) is 0.414. The third-order valence-electron chi connectivity index (χ3n) is 4.52. The summed E-state index contributed by atoms with van der Waals surface area (Å²) in [6.45, 7) is 7.45. The van der Waals surface area contributed by atoms with Crippen LogP contribution < -0.4 is 10.2 Å². The van der Waals surface area contributed by atoms with Crippen molar-refractivity contribution in [2.24, 2.45) is 5.92 Å². The van der Waals surface area contributed by atoms with Crippen molar-refractivity contribution in [3.63, 3.8) is 0 Å². The Morgan fingerprint density at radius 1 is 1.17 bits per heavy atom. The van der Waals surface area contributed by atoms with Crippen LogP contribution in [0.5, 0.6) is 0 Å². The van der Waals surface area contributed by atoms with Crippen LogP contribution in [0.4, 0.5) is 5.69 Å². The van der Waals surface area contributed by atoms with Gasteiger partial charge in [-0.15, -0.1) is 0 Å². The number of benzene rings is 1. The van der Waals surface area contributed by atoms with Crippen molar-refractivity contribution in [2.45, 2.75) is 45.7 Å². The predicted octanol–water partition coefficient (Wildman–Crippen LogP) is 3.86. The molecule has 0 spiro atoms. The molecule has 1 aromatic heterocycles. The first-order valence-electron chi connectivity index (χ1n) is 9.58. The molecule has 0 bridgehead atoms. The van der Waals surface area contributed by atoms with Crippen molar-refractivity contribution < 1.29 is 18.8 Å². The van der Waals surface area contributed by atoms with E-state index in [9.17, 15) is 14.4 Å². The van der Waals surface area contributed by atoms with E-state index in [1.54, 1.807) is 31.2 Å². The van der Waals surface area contributed by atoms with Gasteiger partial charge in [0.1, 0.15) is 11.5 Å². The van der Waals surface area contributed by atoms with E-state index in [-0.39, 0.29) is 23.4 Å². The Morgan fingerprint density at radius 2 is 1.86 bits per heavy atom. The number of furan rings is 1. The van der Waals surface area contributed by atoms with E-state index in [0.717, 1.165) is 0 Å². The maximum absolute atomic E-state index is 13.5. The van der Waals surface area contributed by atoms with Crippen LogP contribution in [-0.4, -0.2) is 28.2 Å². The molecule has 29 heavy (non-hydrogen) atoms. The number of rotatable bonds is 5. The third kappa shape index (κ3) is 5.09. The Balaban J connectivity index is 2.08. The van der Waals surface area contributed by atoms with Gasteiger partial charge in [-0.25, -0.2) is 0 Å². The summed E-state index contributed by atoms with van der Waals surface area (Å²) in [7, 11) is 0. The molecule has 154 valence electrons. The van der Waals surface area contributed by atoms with E-state index >= 15 is 0 Å². The van der Waals surface area contributed by atoms with E-state index in [4.69, 9.17) is 4.42 Å². The maximum atomic E-state index is 13.5. The third-order valence-corrected chi connectivity index (χ3v) is 5.57. The van der Waals surface area contributed by atoms with Crippen LogP contribution in [0.3, 0.4) is 0 Å². The molecule has 0 aliphatic carbocycles. The molecule has 1 saturated heterocycles. The summed E-state index contributed by atoms with van der Waals surface area (Å²) in [5, 5.41) is 2.97. The highest BCUT2D eigenvalue weighted by molar-refractivity contribution is 8.14. The molecule has 1 fully saturated rings. The fraction of sp³-hybridized carbons (Fsp3) is 0.409. The zero-order valence-electron chi connectivity index (χ0n) is 17.1. The SMILES string of the molecule is Cc1ccc([C@H](C(=O)NC(C)(C)C)N(C(=O)[C@H]2CSC(=O)C2)c2ccccc2)o1. The Morgan fingerprint density at radius 3 is 2.38 bits per heavy atom. The largest absolute Gasteiger partial charge is 0.464 e. The molecule has 7 heteroatoms. The monoisotopic (exact) mass is 414 g/mol. The fourth-order valence-electron chi connectivity index (χ4n) is 3.27. The quantitative estimate of drug-likeness (QED) is 0.804. The van der Waals surface area contributed by atoms with Gasteiger partial charge in [0.15, 0.2) is 11.2 Å². The lowest BCUT2D eigenvalue weighted by atomic mass is 10.0. The van der Waals surface area contributed by atoms with E-state index in [1.807, 2.05) is 39.0 Å². The van der Waals surface area contributed by atoms with Gasteiger partial charge in [0.25, 0.3) is 5.91 Å². The first-order valence-corrected chi connectivity index (χ1v) is 10.6. The first-order chi connectivity index (χ1) is 13.7. The highest BCUT2D eigenvalue weighted by Gasteiger charge is 2.41. The van der Waals surface area contributed by atoms with Crippen LogP contribution in [0.1, 0.15) is 44.8 Å². The van der Waals surface area contributed by atoms with Crippen LogP contribution in [-0.2, 0) is 14.4 Å². The topological polar surface area (TPSA) is 79.6 Å². The number of aryl methyl sites for hydroxylation is 1. The minimum absolute atomic E-state index is 0.000831. The van der Waals surface area contributed by atoms with Crippen molar-refractivity contribution in [3.8, 4) is 0 Å². The van der Waals surface area contributed by atoms with E-state index in [2.05, 4.69) is 5.32 Å². The van der Waals surface area contributed by atoms with Gasteiger partial charge in [0.05, 0.1) is 5.92 Å². The number of carbonyl (C=O) groups excluding carboxylic acids is 3. The van der Waals surface area contributed by atoms with Gasteiger partial charge in [-0.3, -0.25) is 19.3 Å². The zero-order chi connectivity index (χ0) is 21.2. The van der Waals surface area contributed by atoms with Gasteiger partial charge < -0.3 is 9.73 Å². The summed E-state index contributed by atoms with van der Waals surface area (Å²) >= 11 is 1.17. The zero-order valence-corrected chi connectivity index (χ0v) is 17.9. The van der Waals surface area contributed by atoms with E-state index in [1.165, 1.54) is 16.7 Å². The van der Waals surface area contributed by atoms with E-state index < -0.39 is 17.5 Å². The van der Waals surface area contributed by atoms with Crippen molar-refractivity contribution >= 4 is 34.4 Å². The van der Waals surface area contributed by atoms with Crippen LogP contribution in [0.25, 0.3) is 0 Å². The second-order valence-electron chi connectivity index (χ2n) is 8.22. The second kappa shape index (κ2) is 8.45. The molecule has 1 aliphatic heterocycles. The number of thioether (sulfide) groups is 1. The number of anilines is 1. The highest BCUT2D eigenvalue weighted by Crippen LogP contribution is 2.34. The molecule has 6 nitrogen and oxygen atoms in total. The van der Waals surface area contributed by atoms with Gasteiger partial charge >= 0.3 is 0 Å². The van der Waals surface area contributed by atoms with Gasteiger partial charge in [-0.2, -0.15) is 0 Å². The number of nitrogens with zero attached hydrogens (tertiary/aromatic N) is 1. The average Bonchev–Trinajstić information content (AvgIpc) is 3.26. The van der Waals surface area contributed by atoms with Crippen LogP contribution in [0.2, 0.25) is 0 Å². The van der Waals surface area contributed by atoms with Gasteiger partial charge in [0.2, 0.25) is 5.91 Å². The molecule has 2 aromatic rings. The molecular weight excluding hydrogens is 388 g/mol. The number of hydrogen-bond acceptors (Lipinski definition) is 5. The maximum Gasteiger partial charge on any atom is 0.251 e. The van der Waals surface area contributed by atoms with Crippen molar-refractivity contribution in [1.29, 1.82) is 0 Å². The lowest BCUT2D eigenvalue weighted by Gasteiger charge is -2.33. The van der Waals surface area contributed by atoms with Gasteiger partial charge in [-0.1, -0.05) is 30.0 Å². The number of hydrogen-bond donors (Lipinski definition) is 1. The summed E-state index contributed by atoms with van der Waals surface area (Å²) in [6.07, 6.45) is 0.178. The van der Waals surface area contributed by atoms with Gasteiger partial charge in [0, 0.05) is 23.4 Å². The molecular formula is C22H26N2O4S. The summed E-state index contributed by atoms with van der Waals surface area (Å²) in [4.78, 5) is 40.1. The lowest BCUT2D eigenvalue weighted by Crippen LogP contribution is -2.50. The predicted molar refractivity (Wildman–Crippen MR) is 114 cm³/mol. The number of nitrogens with one attached hydrogen (secondary N) is 1. The second-order valence-corrected chi connectivity index (χ2v) is 9.30. The summed E-state index contributed by atoms with van der Waals surface area (Å²) < 4.78 is 5.79. The smallest absolute Gasteiger partial charge is 0.251 e. The molecule has 2 atom stereocenters. The summed E-state index contributed by atoms with van der Waals surface area (Å²) in [5.41, 5.74) is 0.103. The summed E-state index contributed by atoms with van der Waals surface area (Å²) in [6, 6.07) is 11.6. The first kappa shape index (κ1) is 21.2. The van der Waals surface area contributed by atoms with Crippen LogP contribution in [0, 0.1) is 12.8 Å². The number of para-hydroxylation sites is 1. The molecule has 0 radical (unpaired) electrons. The molecule has 1 aliphatic rings. The lowest BCUT2D eigenvalue weighted by molar-refractivity contribution is -0.129. The van der Waals surface area contributed by atoms with Crippen molar-refractivity contribution in [3.05, 3.63) is 54.0 Å². The average molecular weight is 415 g/mol. The molecule has 0 unspecified atom stereocenters. The van der Waals surface area contributed by atoms with Crippen LogP contribution in [0.15, 0.2) is 46.9 Å². The number of amides is 2. The minimum atomic E-state index is -0.974. The van der Waals surface area contributed by atoms with Crippen molar-refractivity contribution in [2.75, 3.05) is 10.7 Å². The Bertz CT molecular complexity index is 901. The Hall–Kier alpha value is -2.54. The minimum Gasteiger partial charge on any atom is -0.464 e. The fourth-order valence-corrected chi connectivity index (χ4v) is 4.24. The molecule has 3 rings (SSSR count). The standard InChI is InChI=1S/C22H26N2O4S/c1-14-10-11-17(28-14)19(20(26)23-22(2,3)4)24(16-8-6-5-7-9-16)21(27)15-12-18(25)29-13-15/h5-11,15,19H,12-13H2,1-4H3,(H,23,26)/t15-,19-/m1/s1. The highest BCUT2D eigenvalue weighted by atomic mass is 32.2. The molecule has 2 amide bonds.